The number of benzene rings is 4. The first-order chi connectivity index (χ1) is 29.0. The van der Waals surface area contributed by atoms with Crippen molar-refractivity contribution in [3.8, 4) is 5.75 Å². The van der Waals surface area contributed by atoms with Gasteiger partial charge in [0.1, 0.15) is 18.6 Å². The van der Waals surface area contributed by atoms with Crippen LogP contribution in [0.1, 0.15) is 77.0 Å². The van der Waals surface area contributed by atoms with Crippen molar-refractivity contribution in [2.75, 3.05) is 31.5 Å². The molecule has 2 aliphatic heterocycles. The summed E-state index contributed by atoms with van der Waals surface area (Å²) in [5.41, 5.74) is 7.88. The van der Waals surface area contributed by atoms with Crippen molar-refractivity contribution < 1.29 is 38.7 Å². The standard InChI is InChI=1S/C29H35N2O4S2.C12H17BF.C7H8O3S/c1-28(2)22-18-20(35-36(7)32)14-16-24(22)30(5)26(28)12-10-9-11-13-27-29(3,4)23-19-21(37(8,33)34)15-17-25(23)31(27)6;1-2-3-4-5-9-13-11-7-6-8-12(14)10-11;1-6-2-4-7(5-3-6)11(8,9)10/h9-19H,1-8H3;6-8,10H,2-5,9H2,1H3;2-5H,1H3,(H,8,9,10)/q+1;;. The topological polar surface area (TPSA) is 121 Å². The van der Waals surface area contributed by atoms with E-state index in [2.05, 4.69) is 70.6 Å². The van der Waals surface area contributed by atoms with E-state index in [1.807, 2.05) is 62.5 Å². The molecule has 4 aromatic rings. The SMILES string of the molecule is CCCCCC[B]c1cccc(F)c1.CN1\C(=C/C=C/C=C/C2=[N+](C)c3ccc(OS(C)=O)cc3C2(C)C)C(C)(C)c2cc(S(C)(=O)=O)ccc21.Cc1ccc(S(=O)(=O)O)cc1. The normalized spacial score (nSPS) is 16.4. The van der Waals surface area contributed by atoms with E-state index in [0.29, 0.717) is 10.6 Å². The van der Waals surface area contributed by atoms with Gasteiger partial charge in [0.25, 0.3) is 10.1 Å². The van der Waals surface area contributed by atoms with E-state index in [-0.39, 0.29) is 21.5 Å². The number of likely N-dealkylation sites (N-methyl/N-ethyl adjacent to an activating group) is 1. The summed E-state index contributed by atoms with van der Waals surface area (Å²) in [6.07, 6.45) is 19.1. The molecular weight excluding hydrogens is 843 g/mol. The molecule has 1 radical (unpaired) electrons. The van der Waals surface area contributed by atoms with Crippen molar-refractivity contribution in [2.24, 2.45) is 0 Å². The molecule has 0 fully saturated rings. The molecule has 2 aliphatic rings. The Morgan fingerprint density at radius 2 is 1.53 bits per heavy atom. The van der Waals surface area contributed by atoms with Crippen LogP contribution in [0.25, 0.3) is 0 Å². The lowest BCUT2D eigenvalue weighted by molar-refractivity contribution is -0.401. The summed E-state index contributed by atoms with van der Waals surface area (Å²) < 4.78 is 85.6. The van der Waals surface area contributed by atoms with Crippen LogP contribution in [0.4, 0.5) is 15.8 Å². The van der Waals surface area contributed by atoms with Crippen LogP contribution in [0.2, 0.25) is 6.32 Å². The van der Waals surface area contributed by atoms with E-state index in [1.165, 1.54) is 56.4 Å². The molecular formula is C48H60BFN2O7S3+. The Balaban J connectivity index is 0.000000274. The highest BCUT2D eigenvalue weighted by molar-refractivity contribution is 7.90. The third-order valence-electron chi connectivity index (χ3n) is 11.0. The average molecular weight is 903 g/mol. The molecule has 0 amide bonds. The molecule has 4 aromatic carbocycles. The van der Waals surface area contributed by atoms with E-state index in [0.717, 1.165) is 51.3 Å². The van der Waals surface area contributed by atoms with Gasteiger partial charge in [0.15, 0.2) is 22.8 Å². The fraction of sp³-hybridized carbons (Fsp3) is 0.354. The van der Waals surface area contributed by atoms with Crippen LogP contribution in [0, 0.1) is 12.7 Å². The number of rotatable bonds is 13. The Morgan fingerprint density at radius 1 is 0.855 bits per heavy atom. The summed E-state index contributed by atoms with van der Waals surface area (Å²) in [7, 11) is -1.12. The van der Waals surface area contributed by atoms with Gasteiger partial charge in [-0.1, -0.05) is 106 Å². The molecule has 331 valence electrons. The van der Waals surface area contributed by atoms with Gasteiger partial charge in [0, 0.05) is 54.1 Å². The third kappa shape index (κ3) is 13.0. The molecule has 2 heterocycles. The second kappa shape index (κ2) is 21.2. The lowest BCUT2D eigenvalue weighted by Gasteiger charge is -2.23. The van der Waals surface area contributed by atoms with Gasteiger partial charge in [0.05, 0.1) is 15.2 Å². The van der Waals surface area contributed by atoms with Gasteiger partial charge in [-0.15, -0.1) is 0 Å². The van der Waals surface area contributed by atoms with Gasteiger partial charge in [-0.05, 0) is 87.0 Å². The zero-order valence-corrected chi connectivity index (χ0v) is 39.9. The number of unbranched alkanes of at least 4 members (excludes halogenated alkanes) is 3. The first-order valence-electron chi connectivity index (χ1n) is 20.5. The zero-order valence-electron chi connectivity index (χ0n) is 37.5. The number of hydrogen-bond donors (Lipinski definition) is 1. The van der Waals surface area contributed by atoms with Crippen molar-refractivity contribution in [1.82, 2.24) is 0 Å². The molecule has 9 nitrogen and oxygen atoms in total. The quantitative estimate of drug-likeness (QED) is 0.0463. The zero-order chi connectivity index (χ0) is 46.0. The Kier molecular flexibility index (Phi) is 17.1. The maximum atomic E-state index is 12.8. The maximum absolute atomic E-state index is 12.8. The maximum Gasteiger partial charge on any atom is 0.294 e. The first kappa shape index (κ1) is 50.0. The van der Waals surface area contributed by atoms with E-state index in [9.17, 15) is 25.4 Å². The lowest BCUT2D eigenvalue weighted by atomic mass is 9.66. The molecule has 1 atom stereocenters. The Bertz CT molecular complexity index is 2600. The number of anilines is 1. The van der Waals surface area contributed by atoms with Crippen molar-refractivity contribution in [3.05, 3.63) is 144 Å². The molecule has 0 bridgehead atoms. The van der Waals surface area contributed by atoms with Gasteiger partial charge >= 0.3 is 0 Å². The average Bonchev–Trinajstić information content (AvgIpc) is 3.50. The lowest BCUT2D eigenvalue weighted by Crippen LogP contribution is -2.26. The molecule has 0 saturated carbocycles. The highest BCUT2D eigenvalue weighted by Gasteiger charge is 2.43. The van der Waals surface area contributed by atoms with Crippen LogP contribution in [-0.2, 0) is 41.9 Å². The number of aryl methyl sites for hydroxylation is 1. The third-order valence-corrected chi connectivity index (χ3v) is 13.4. The Labute approximate surface area is 372 Å². The van der Waals surface area contributed by atoms with E-state index in [1.54, 1.807) is 36.4 Å². The van der Waals surface area contributed by atoms with Crippen LogP contribution in [0.5, 0.6) is 5.75 Å². The number of hydrogen-bond acceptors (Lipinski definition) is 7. The Hall–Kier alpha value is -4.63. The summed E-state index contributed by atoms with van der Waals surface area (Å²) in [6, 6.07) is 23.9. The molecule has 0 spiro atoms. The predicted octanol–water partition coefficient (Wildman–Crippen LogP) is 9.59. The minimum Gasteiger partial charge on any atom is -0.401 e. The number of halogens is 1. The summed E-state index contributed by atoms with van der Waals surface area (Å²) >= 11 is -1.37. The minimum atomic E-state index is -4.02. The highest BCUT2D eigenvalue weighted by atomic mass is 32.2. The van der Waals surface area contributed by atoms with Gasteiger partial charge in [-0.3, -0.25) is 4.55 Å². The van der Waals surface area contributed by atoms with Crippen LogP contribution >= 0.6 is 0 Å². The van der Waals surface area contributed by atoms with E-state index >= 15 is 0 Å². The van der Waals surface area contributed by atoms with Crippen molar-refractivity contribution in [2.45, 2.75) is 94.2 Å². The molecule has 1 unspecified atom stereocenters. The molecule has 0 aliphatic carbocycles. The molecule has 62 heavy (non-hydrogen) atoms. The largest absolute Gasteiger partial charge is 0.401 e. The van der Waals surface area contributed by atoms with E-state index < -0.39 is 31.0 Å². The second-order valence-corrected chi connectivity index (χ2v) is 21.0. The van der Waals surface area contributed by atoms with Gasteiger partial charge in [-0.2, -0.15) is 13.0 Å². The number of nitrogens with zero attached hydrogens (tertiary/aromatic N) is 2. The van der Waals surface area contributed by atoms with E-state index in [4.69, 9.17) is 8.74 Å². The van der Waals surface area contributed by atoms with Gasteiger partial charge in [-0.25, -0.2) is 17.0 Å². The summed E-state index contributed by atoms with van der Waals surface area (Å²) in [4.78, 5) is 2.40. The van der Waals surface area contributed by atoms with Crippen LogP contribution < -0.4 is 14.5 Å². The van der Waals surface area contributed by atoms with Crippen molar-refractivity contribution in [3.63, 3.8) is 0 Å². The van der Waals surface area contributed by atoms with Gasteiger partial charge in [0.2, 0.25) is 16.8 Å². The molecule has 0 saturated heterocycles. The van der Waals surface area contributed by atoms with Crippen LogP contribution in [0.15, 0.2) is 131 Å². The smallest absolute Gasteiger partial charge is 0.294 e. The summed E-state index contributed by atoms with van der Waals surface area (Å²) in [5, 5.41) is 0. The predicted molar refractivity (Wildman–Crippen MR) is 254 cm³/mol. The Morgan fingerprint density at radius 3 is 2.15 bits per heavy atom. The first-order valence-corrected chi connectivity index (χ1v) is 25.3. The summed E-state index contributed by atoms with van der Waals surface area (Å²) in [5.74, 6) is 0.457. The molecule has 0 aromatic heterocycles. The number of allylic oxidation sites excluding steroid dienone is 6. The fourth-order valence-electron chi connectivity index (χ4n) is 7.59. The fourth-order valence-corrected chi connectivity index (χ4v) is 9.09. The number of fused-ring (bicyclic) bond motifs is 2. The number of sulfone groups is 1. The summed E-state index contributed by atoms with van der Waals surface area (Å²) in [6.45, 7) is 12.6. The van der Waals surface area contributed by atoms with Crippen LogP contribution in [-0.4, -0.2) is 69.8 Å². The van der Waals surface area contributed by atoms with Crippen molar-refractivity contribution in [1.29, 1.82) is 0 Å². The van der Waals surface area contributed by atoms with Gasteiger partial charge < -0.3 is 9.08 Å². The van der Waals surface area contributed by atoms with Crippen LogP contribution in [0.3, 0.4) is 0 Å². The second-order valence-electron chi connectivity index (χ2n) is 16.6. The minimum absolute atomic E-state index is 0.0666. The molecule has 6 rings (SSSR count). The van der Waals surface area contributed by atoms with Crippen molar-refractivity contribution >= 4 is 60.9 Å². The monoisotopic (exact) mass is 902 g/mol. The molecule has 14 heteroatoms. The highest BCUT2D eigenvalue weighted by Crippen LogP contribution is 2.47. The molecule has 1 N–H and O–H groups in total.